The van der Waals surface area contributed by atoms with Gasteiger partial charge in [0.25, 0.3) is 11.7 Å². The van der Waals surface area contributed by atoms with E-state index in [1.165, 1.54) is 24.3 Å². The van der Waals surface area contributed by atoms with E-state index in [9.17, 15) is 23.9 Å². The fourth-order valence-electron chi connectivity index (χ4n) is 2.98. The zero-order valence-corrected chi connectivity index (χ0v) is 13.6. The Morgan fingerprint density at radius 1 is 1.08 bits per heavy atom. The molecule has 0 aromatic heterocycles. The number of rotatable bonds is 4. The van der Waals surface area contributed by atoms with Crippen molar-refractivity contribution < 1.29 is 23.9 Å². The van der Waals surface area contributed by atoms with Crippen LogP contribution >= 0.6 is 0 Å². The van der Waals surface area contributed by atoms with Crippen LogP contribution in [-0.4, -0.2) is 34.1 Å². The van der Waals surface area contributed by atoms with Gasteiger partial charge in [0.15, 0.2) is 0 Å². The maximum absolute atomic E-state index is 14.4. The Hall–Kier alpha value is -3.48. The average Bonchev–Trinajstić information content (AvgIpc) is 2.87. The zero-order valence-electron chi connectivity index (χ0n) is 13.6. The van der Waals surface area contributed by atoms with E-state index >= 15 is 0 Å². The number of halogens is 1. The molecule has 0 saturated carbocycles. The molecule has 3 rings (SSSR count). The van der Waals surface area contributed by atoms with Gasteiger partial charge in [0, 0.05) is 11.1 Å². The van der Waals surface area contributed by atoms with E-state index in [1.807, 2.05) is 0 Å². The molecule has 0 spiro atoms. The van der Waals surface area contributed by atoms with Gasteiger partial charge in [0.1, 0.15) is 18.1 Å². The summed E-state index contributed by atoms with van der Waals surface area (Å²) in [7, 11) is 0. The van der Waals surface area contributed by atoms with Gasteiger partial charge in [-0.2, -0.15) is 0 Å². The first-order valence-corrected chi connectivity index (χ1v) is 7.78. The van der Waals surface area contributed by atoms with E-state index < -0.39 is 41.8 Å². The molecule has 0 bridgehead atoms. The van der Waals surface area contributed by atoms with E-state index in [0.717, 1.165) is 4.90 Å². The largest absolute Gasteiger partial charge is 0.507 e. The highest BCUT2D eigenvalue weighted by atomic mass is 19.1. The number of Topliss-reactive ketones (excluding diaryl/α,β-unsaturated/α-hetero) is 1. The van der Waals surface area contributed by atoms with Crippen LogP contribution in [-0.2, 0) is 14.4 Å². The number of carbonyl (C=O) groups is 3. The molecule has 3 N–H and O–H groups in total. The maximum Gasteiger partial charge on any atom is 0.296 e. The van der Waals surface area contributed by atoms with Gasteiger partial charge in [-0.15, -0.1) is 0 Å². The summed E-state index contributed by atoms with van der Waals surface area (Å²) in [6.45, 7) is -0.574. The normalized spacial score (nSPS) is 19.0. The smallest absolute Gasteiger partial charge is 0.296 e. The number of carbonyl (C=O) groups excluding carboxylic acids is 3. The van der Waals surface area contributed by atoms with Crippen molar-refractivity contribution in [2.45, 2.75) is 6.04 Å². The number of hydrogen-bond donors (Lipinski definition) is 2. The topological polar surface area (TPSA) is 101 Å². The van der Waals surface area contributed by atoms with Crippen molar-refractivity contribution in [3.05, 3.63) is 77.1 Å². The molecule has 1 aliphatic heterocycles. The first kappa shape index (κ1) is 17.3. The lowest BCUT2D eigenvalue weighted by atomic mass is 9.95. The second kappa shape index (κ2) is 6.79. The number of benzene rings is 2. The van der Waals surface area contributed by atoms with E-state index in [2.05, 4.69) is 0 Å². The predicted molar refractivity (Wildman–Crippen MR) is 91.0 cm³/mol. The lowest BCUT2D eigenvalue weighted by Gasteiger charge is -2.24. The maximum atomic E-state index is 14.4. The van der Waals surface area contributed by atoms with Crippen molar-refractivity contribution in [3.8, 4) is 0 Å². The van der Waals surface area contributed by atoms with Gasteiger partial charge in [-0.1, -0.05) is 48.5 Å². The molecule has 1 heterocycles. The van der Waals surface area contributed by atoms with Crippen LogP contribution in [0.5, 0.6) is 0 Å². The molecule has 2 aromatic rings. The Balaban J connectivity index is 2.24. The van der Waals surface area contributed by atoms with Crippen LogP contribution in [0.25, 0.3) is 5.76 Å². The van der Waals surface area contributed by atoms with Gasteiger partial charge in [-0.05, 0) is 6.07 Å². The number of primary amides is 1. The fraction of sp³-hybridized carbons (Fsp3) is 0.105. The number of aliphatic hydroxyl groups excluding tert-OH is 1. The minimum atomic E-state index is -1.25. The number of ketones is 1. The second-order valence-electron chi connectivity index (χ2n) is 5.78. The molecule has 132 valence electrons. The van der Waals surface area contributed by atoms with Gasteiger partial charge in [-0.3, -0.25) is 14.4 Å². The molecule has 6 nitrogen and oxygen atoms in total. The summed E-state index contributed by atoms with van der Waals surface area (Å²) in [6, 6.07) is 12.4. The van der Waals surface area contributed by atoms with Gasteiger partial charge in [-0.25, -0.2) is 4.39 Å². The van der Waals surface area contributed by atoms with Crippen LogP contribution in [0.4, 0.5) is 4.39 Å². The summed E-state index contributed by atoms with van der Waals surface area (Å²) in [6.07, 6.45) is 0. The molecule has 1 aliphatic rings. The number of likely N-dealkylation sites (tertiary alicyclic amines) is 1. The molecular weight excluding hydrogens is 339 g/mol. The number of aliphatic hydroxyl groups is 1. The molecule has 1 fully saturated rings. The first-order valence-electron chi connectivity index (χ1n) is 7.78. The third-order valence-corrected chi connectivity index (χ3v) is 4.11. The van der Waals surface area contributed by atoms with Crippen molar-refractivity contribution in [3.63, 3.8) is 0 Å². The van der Waals surface area contributed by atoms with Gasteiger partial charge in [0.2, 0.25) is 5.91 Å². The van der Waals surface area contributed by atoms with Crippen LogP contribution in [0.2, 0.25) is 0 Å². The van der Waals surface area contributed by atoms with Gasteiger partial charge < -0.3 is 15.7 Å². The zero-order chi connectivity index (χ0) is 18.8. The van der Waals surface area contributed by atoms with Crippen molar-refractivity contribution in [1.82, 2.24) is 4.90 Å². The standard InChI is InChI=1S/C19H15FN2O4/c20-13-9-5-4-8-12(13)16-15(17(24)11-6-2-1-3-7-11)18(25)19(26)22(16)10-14(21)23/h1-9,16,24H,10H2,(H2,21,23)/b17-15+. The molecule has 26 heavy (non-hydrogen) atoms. The number of nitrogens with zero attached hydrogens (tertiary/aromatic N) is 1. The average molecular weight is 354 g/mol. The molecule has 1 saturated heterocycles. The minimum Gasteiger partial charge on any atom is -0.507 e. The lowest BCUT2D eigenvalue weighted by Crippen LogP contribution is -2.37. The minimum absolute atomic E-state index is 0.00886. The Labute approximate surface area is 148 Å². The monoisotopic (exact) mass is 354 g/mol. The fourth-order valence-corrected chi connectivity index (χ4v) is 2.98. The summed E-state index contributed by atoms with van der Waals surface area (Å²) in [5.74, 6) is -3.99. The summed E-state index contributed by atoms with van der Waals surface area (Å²) >= 11 is 0. The van der Waals surface area contributed by atoms with Gasteiger partial charge in [0.05, 0.1) is 11.6 Å². The Bertz CT molecular complexity index is 924. The molecule has 0 aliphatic carbocycles. The number of hydrogen-bond acceptors (Lipinski definition) is 4. The lowest BCUT2D eigenvalue weighted by molar-refractivity contribution is -0.141. The predicted octanol–water partition coefficient (Wildman–Crippen LogP) is 1.73. The summed E-state index contributed by atoms with van der Waals surface area (Å²) < 4.78 is 14.4. The summed E-state index contributed by atoms with van der Waals surface area (Å²) in [4.78, 5) is 37.1. The third-order valence-electron chi connectivity index (χ3n) is 4.11. The van der Waals surface area contributed by atoms with E-state index in [-0.39, 0.29) is 11.1 Å². The highest BCUT2D eigenvalue weighted by Crippen LogP contribution is 2.39. The quantitative estimate of drug-likeness (QED) is 0.496. The van der Waals surface area contributed by atoms with Crippen LogP contribution in [0.3, 0.4) is 0 Å². The molecule has 1 atom stereocenters. The first-order chi connectivity index (χ1) is 12.4. The highest BCUT2D eigenvalue weighted by molar-refractivity contribution is 6.46. The Kier molecular flexibility index (Phi) is 4.53. The molecule has 2 amide bonds. The van der Waals surface area contributed by atoms with E-state index in [1.54, 1.807) is 30.3 Å². The van der Waals surface area contributed by atoms with Crippen LogP contribution in [0, 0.1) is 5.82 Å². The van der Waals surface area contributed by atoms with Crippen molar-refractivity contribution >= 4 is 23.4 Å². The molecule has 2 aromatic carbocycles. The summed E-state index contributed by atoms with van der Waals surface area (Å²) in [5, 5.41) is 10.6. The van der Waals surface area contributed by atoms with Crippen molar-refractivity contribution in [2.75, 3.05) is 6.54 Å². The Morgan fingerprint density at radius 2 is 1.69 bits per heavy atom. The van der Waals surface area contributed by atoms with Crippen molar-refractivity contribution in [2.24, 2.45) is 5.73 Å². The third kappa shape index (κ3) is 2.95. The Morgan fingerprint density at radius 3 is 2.31 bits per heavy atom. The summed E-state index contributed by atoms with van der Waals surface area (Å²) in [5.41, 5.74) is 5.18. The van der Waals surface area contributed by atoms with E-state index in [0.29, 0.717) is 5.56 Å². The number of amides is 2. The van der Waals surface area contributed by atoms with Gasteiger partial charge >= 0.3 is 0 Å². The second-order valence-corrected chi connectivity index (χ2v) is 5.78. The van der Waals surface area contributed by atoms with E-state index in [4.69, 9.17) is 5.73 Å². The van der Waals surface area contributed by atoms with Crippen LogP contribution < -0.4 is 5.73 Å². The van der Waals surface area contributed by atoms with Crippen LogP contribution in [0.15, 0.2) is 60.2 Å². The molecular formula is C19H15FN2O4. The molecule has 0 radical (unpaired) electrons. The van der Waals surface area contributed by atoms with Crippen molar-refractivity contribution in [1.29, 1.82) is 0 Å². The van der Waals surface area contributed by atoms with Crippen LogP contribution in [0.1, 0.15) is 17.2 Å². The number of nitrogens with two attached hydrogens (primary N) is 1. The molecule has 1 unspecified atom stereocenters. The highest BCUT2D eigenvalue weighted by Gasteiger charge is 2.47. The SMILES string of the molecule is NC(=O)CN1C(=O)C(=O)/C(=C(/O)c2ccccc2)C1c1ccccc1F. The molecule has 7 heteroatoms.